The van der Waals surface area contributed by atoms with Gasteiger partial charge in [-0.1, -0.05) is 6.07 Å². The quantitative estimate of drug-likeness (QED) is 0.733. The molecule has 0 aromatic carbocycles. The Morgan fingerprint density at radius 1 is 1.48 bits per heavy atom. The fraction of sp³-hybridized carbons (Fsp3) is 0.333. The molecule has 1 atom stereocenters. The number of aliphatic hydroxyl groups excluding tert-OH is 1. The number of rotatable bonds is 5. The van der Waals surface area contributed by atoms with E-state index < -0.39 is 11.9 Å². The fourth-order valence-corrected chi connectivity index (χ4v) is 2.67. The van der Waals surface area contributed by atoms with E-state index in [0.29, 0.717) is 41.6 Å². The minimum absolute atomic E-state index is 0.0742. The molecule has 2 aromatic heterocycles. The number of aryl methyl sites for hydroxylation is 1. The molecule has 0 saturated carbocycles. The van der Waals surface area contributed by atoms with Crippen LogP contribution in [0.25, 0.3) is 0 Å². The van der Waals surface area contributed by atoms with Gasteiger partial charge in [0.15, 0.2) is 5.82 Å². The molecule has 1 unspecified atom stereocenters. The minimum Gasteiger partial charge on any atom is -0.396 e. The number of hydrogen-bond acceptors (Lipinski definition) is 6. The van der Waals surface area contributed by atoms with E-state index in [2.05, 4.69) is 20.4 Å². The highest BCUT2D eigenvalue weighted by molar-refractivity contribution is 5.95. The third kappa shape index (κ3) is 2.80. The number of hydrogen-bond donors (Lipinski definition) is 3. The maximum atomic E-state index is 11.9. The van der Waals surface area contributed by atoms with Gasteiger partial charge in [-0.3, -0.25) is 9.78 Å². The Morgan fingerprint density at radius 2 is 2.30 bits per heavy atom. The van der Waals surface area contributed by atoms with Gasteiger partial charge in [0.25, 0.3) is 0 Å². The number of carbonyl (C=O) groups is 1. The van der Waals surface area contributed by atoms with Crippen LogP contribution < -0.4 is 11.1 Å². The number of aromatic nitrogens is 4. The van der Waals surface area contributed by atoms with Crippen LogP contribution in [0.4, 0.5) is 5.95 Å². The molecule has 1 amide bonds. The predicted octanol–water partition coefficient (Wildman–Crippen LogP) is 0.372. The van der Waals surface area contributed by atoms with E-state index in [9.17, 15) is 4.79 Å². The molecule has 4 N–H and O–H groups in total. The number of amides is 1. The fourth-order valence-electron chi connectivity index (χ4n) is 2.67. The topological polar surface area (TPSA) is 119 Å². The molecular formula is C15H18N6O2. The molecule has 8 nitrogen and oxygen atoms in total. The van der Waals surface area contributed by atoms with Gasteiger partial charge in [-0.15, -0.1) is 0 Å². The Balaban J connectivity index is 2.09. The highest BCUT2D eigenvalue weighted by Crippen LogP contribution is 2.33. The second-order valence-corrected chi connectivity index (χ2v) is 5.31. The number of carbonyl (C=O) groups excluding carboxylic acids is 1. The summed E-state index contributed by atoms with van der Waals surface area (Å²) in [6, 6.07) is 4.97. The summed E-state index contributed by atoms with van der Waals surface area (Å²) in [5.74, 6) is 0.612. The number of primary amides is 1. The lowest BCUT2D eigenvalue weighted by atomic mass is 9.99. The van der Waals surface area contributed by atoms with Crippen molar-refractivity contribution in [2.24, 2.45) is 5.73 Å². The number of aliphatic hydroxyl groups is 1. The molecule has 0 fully saturated rings. The lowest BCUT2D eigenvalue weighted by Gasteiger charge is -2.26. The van der Waals surface area contributed by atoms with Crippen LogP contribution in [-0.2, 0) is 11.2 Å². The molecule has 1 aliphatic heterocycles. The van der Waals surface area contributed by atoms with E-state index in [1.165, 1.54) is 0 Å². The molecule has 1 aliphatic rings. The molecule has 0 spiro atoms. The van der Waals surface area contributed by atoms with Crippen molar-refractivity contribution in [2.75, 3.05) is 11.9 Å². The number of allylic oxidation sites excluding steroid dienone is 1. The van der Waals surface area contributed by atoms with E-state index in [1.807, 2.05) is 12.1 Å². The Bertz CT molecular complexity index is 753. The first kappa shape index (κ1) is 15.2. The third-order valence-corrected chi connectivity index (χ3v) is 3.69. The first-order valence-electron chi connectivity index (χ1n) is 7.36. The van der Waals surface area contributed by atoms with Crippen molar-refractivity contribution in [2.45, 2.75) is 25.8 Å². The molecule has 0 saturated heterocycles. The molecule has 2 aromatic rings. The predicted molar refractivity (Wildman–Crippen MR) is 83.3 cm³/mol. The van der Waals surface area contributed by atoms with E-state index in [4.69, 9.17) is 10.8 Å². The van der Waals surface area contributed by atoms with Crippen molar-refractivity contribution in [3.63, 3.8) is 0 Å². The highest BCUT2D eigenvalue weighted by Gasteiger charge is 2.33. The van der Waals surface area contributed by atoms with Gasteiger partial charge in [-0.2, -0.15) is 10.1 Å². The van der Waals surface area contributed by atoms with Crippen molar-refractivity contribution in [3.8, 4) is 0 Å². The summed E-state index contributed by atoms with van der Waals surface area (Å²) >= 11 is 0. The van der Waals surface area contributed by atoms with Crippen LogP contribution in [0.3, 0.4) is 0 Å². The Morgan fingerprint density at radius 3 is 2.96 bits per heavy atom. The standard InChI is InChI=1S/C15H18N6O2/c1-9-12(14(16)23)13(10-5-2-3-7-17-10)21-15(18-9)19-11(20-21)6-4-8-22/h2-3,5,7,13,22H,4,6,8H2,1H3,(H2,16,23)(H,18,19,20). The molecule has 0 aliphatic carbocycles. The van der Waals surface area contributed by atoms with E-state index >= 15 is 0 Å². The van der Waals surface area contributed by atoms with Gasteiger partial charge in [0.1, 0.15) is 6.04 Å². The maximum Gasteiger partial charge on any atom is 0.248 e. The normalized spacial score (nSPS) is 16.9. The maximum absolute atomic E-state index is 11.9. The van der Waals surface area contributed by atoms with Crippen LogP contribution in [0.5, 0.6) is 0 Å². The first-order chi connectivity index (χ1) is 11.1. The van der Waals surface area contributed by atoms with Crippen LogP contribution in [0.1, 0.15) is 30.9 Å². The van der Waals surface area contributed by atoms with Crippen molar-refractivity contribution in [3.05, 3.63) is 47.2 Å². The summed E-state index contributed by atoms with van der Waals surface area (Å²) in [5, 5.41) is 16.5. The summed E-state index contributed by atoms with van der Waals surface area (Å²) in [5.41, 5.74) is 7.29. The summed E-state index contributed by atoms with van der Waals surface area (Å²) in [6.45, 7) is 1.85. The van der Waals surface area contributed by atoms with Gasteiger partial charge >= 0.3 is 0 Å². The van der Waals surface area contributed by atoms with Crippen molar-refractivity contribution in [1.82, 2.24) is 19.7 Å². The second kappa shape index (κ2) is 6.17. The number of nitrogens with zero attached hydrogens (tertiary/aromatic N) is 4. The van der Waals surface area contributed by atoms with Crippen LogP contribution in [0.15, 0.2) is 35.7 Å². The third-order valence-electron chi connectivity index (χ3n) is 3.69. The number of fused-ring (bicyclic) bond motifs is 1. The minimum atomic E-state index is -0.524. The monoisotopic (exact) mass is 314 g/mol. The van der Waals surface area contributed by atoms with Crippen molar-refractivity contribution >= 4 is 11.9 Å². The van der Waals surface area contributed by atoms with Gasteiger partial charge in [0.2, 0.25) is 11.9 Å². The van der Waals surface area contributed by atoms with Crippen LogP contribution >= 0.6 is 0 Å². The van der Waals surface area contributed by atoms with Gasteiger partial charge in [0.05, 0.1) is 11.3 Å². The molecule has 120 valence electrons. The number of anilines is 1. The Labute approximate surface area is 133 Å². The molecule has 0 radical (unpaired) electrons. The SMILES string of the molecule is CC1=C(C(N)=O)C(c2ccccn2)n2nc(CCCO)nc2N1. The largest absolute Gasteiger partial charge is 0.396 e. The average Bonchev–Trinajstić information content (AvgIpc) is 2.94. The van der Waals surface area contributed by atoms with Gasteiger partial charge in [-0.05, 0) is 25.5 Å². The van der Waals surface area contributed by atoms with E-state index in [0.717, 1.165) is 0 Å². The summed E-state index contributed by atoms with van der Waals surface area (Å²) in [4.78, 5) is 20.7. The van der Waals surface area contributed by atoms with Crippen LogP contribution in [0, 0.1) is 0 Å². The van der Waals surface area contributed by atoms with Gasteiger partial charge in [-0.25, -0.2) is 4.68 Å². The number of nitrogens with one attached hydrogen (secondary N) is 1. The lowest BCUT2D eigenvalue weighted by Crippen LogP contribution is -2.32. The molecule has 8 heteroatoms. The average molecular weight is 314 g/mol. The van der Waals surface area contributed by atoms with Crippen LogP contribution in [-0.4, -0.2) is 37.4 Å². The van der Waals surface area contributed by atoms with Gasteiger partial charge < -0.3 is 16.2 Å². The second-order valence-electron chi connectivity index (χ2n) is 5.31. The molecule has 23 heavy (non-hydrogen) atoms. The van der Waals surface area contributed by atoms with Crippen molar-refractivity contribution < 1.29 is 9.90 Å². The van der Waals surface area contributed by atoms with E-state index in [1.54, 1.807) is 23.9 Å². The summed E-state index contributed by atoms with van der Waals surface area (Å²) in [7, 11) is 0. The van der Waals surface area contributed by atoms with Gasteiger partial charge in [0, 0.05) is 24.9 Å². The lowest BCUT2D eigenvalue weighted by molar-refractivity contribution is -0.115. The number of nitrogens with two attached hydrogens (primary N) is 1. The summed E-state index contributed by atoms with van der Waals surface area (Å²) in [6.07, 6.45) is 2.79. The highest BCUT2D eigenvalue weighted by atomic mass is 16.3. The van der Waals surface area contributed by atoms with Crippen molar-refractivity contribution in [1.29, 1.82) is 0 Å². The Hall–Kier alpha value is -2.74. The molecular weight excluding hydrogens is 296 g/mol. The molecule has 0 bridgehead atoms. The zero-order valence-corrected chi connectivity index (χ0v) is 12.7. The molecule has 3 rings (SSSR count). The zero-order valence-electron chi connectivity index (χ0n) is 12.7. The smallest absolute Gasteiger partial charge is 0.248 e. The summed E-state index contributed by atoms with van der Waals surface area (Å²) < 4.78 is 1.63. The first-order valence-corrected chi connectivity index (χ1v) is 7.36. The molecule has 3 heterocycles. The number of pyridine rings is 1. The van der Waals surface area contributed by atoms with E-state index in [-0.39, 0.29) is 6.61 Å². The Kier molecular flexibility index (Phi) is 4.07. The zero-order chi connectivity index (χ0) is 16.4. The van der Waals surface area contributed by atoms with Crippen LogP contribution in [0.2, 0.25) is 0 Å².